The summed E-state index contributed by atoms with van der Waals surface area (Å²) in [6.07, 6.45) is 5.59. The standard InChI is InChI=1S/C14H17NO4/c16-13(17)10-6-8-11(9-7-10)14(18)19-15-12-4-2-1-3-5-12/h6-9,12,15H,1-5H2,(H,16,17). The van der Waals surface area contributed by atoms with Crippen LogP contribution in [0.5, 0.6) is 0 Å². The van der Waals surface area contributed by atoms with Crippen molar-refractivity contribution in [2.75, 3.05) is 0 Å². The average Bonchev–Trinajstić information content (AvgIpc) is 2.46. The van der Waals surface area contributed by atoms with Crippen LogP contribution in [0.2, 0.25) is 0 Å². The lowest BCUT2D eigenvalue weighted by molar-refractivity contribution is 0.0113. The van der Waals surface area contributed by atoms with Crippen molar-refractivity contribution in [2.24, 2.45) is 0 Å². The molecule has 0 atom stereocenters. The molecule has 0 bridgehead atoms. The van der Waals surface area contributed by atoms with Gasteiger partial charge in [-0.1, -0.05) is 19.3 Å². The van der Waals surface area contributed by atoms with Crippen LogP contribution in [-0.4, -0.2) is 23.1 Å². The zero-order valence-electron chi connectivity index (χ0n) is 10.6. The van der Waals surface area contributed by atoms with Gasteiger partial charge in [0.2, 0.25) is 0 Å². The van der Waals surface area contributed by atoms with E-state index in [-0.39, 0.29) is 11.6 Å². The molecule has 102 valence electrons. The molecule has 1 aliphatic rings. The van der Waals surface area contributed by atoms with Crippen LogP contribution in [-0.2, 0) is 4.84 Å². The van der Waals surface area contributed by atoms with Gasteiger partial charge < -0.3 is 9.94 Å². The van der Waals surface area contributed by atoms with Crippen LogP contribution in [0.15, 0.2) is 24.3 Å². The molecule has 0 aromatic heterocycles. The third-order valence-corrected chi connectivity index (χ3v) is 3.29. The summed E-state index contributed by atoms with van der Waals surface area (Å²) in [5, 5.41) is 8.76. The highest BCUT2D eigenvalue weighted by atomic mass is 16.7. The summed E-state index contributed by atoms with van der Waals surface area (Å²) in [7, 11) is 0. The van der Waals surface area contributed by atoms with Gasteiger partial charge in [0.25, 0.3) is 0 Å². The summed E-state index contributed by atoms with van der Waals surface area (Å²) >= 11 is 0. The number of carboxylic acids is 1. The fourth-order valence-electron chi connectivity index (χ4n) is 2.17. The lowest BCUT2D eigenvalue weighted by atomic mass is 9.96. The van der Waals surface area contributed by atoms with Gasteiger partial charge in [0.1, 0.15) is 0 Å². The van der Waals surface area contributed by atoms with E-state index in [4.69, 9.17) is 9.94 Å². The summed E-state index contributed by atoms with van der Waals surface area (Å²) in [5.74, 6) is -1.50. The van der Waals surface area contributed by atoms with Crippen LogP contribution in [0.25, 0.3) is 0 Å². The van der Waals surface area contributed by atoms with Gasteiger partial charge in [-0.15, -0.1) is 5.48 Å². The van der Waals surface area contributed by atoms with Crippen molar-refractivity contribution < 1.29 is 19.5 Å². The number of hydrogen-bond acceptors (Lipinski definition) is 4. The summed E-state index contributed by atoms with van der Waals surface area (Å²) in [5.41, 5.74) is 3.28. The molecule has 1 aromatic carbocycles. The minimum absolute atomic E-state index is 0.150. The van der Waals surface area contributed by atoms with E-state index in [0.29, 0.717) is 5.56 Å². The Morgan fingerprint density at radius 2 is 1.63 bits per heavy atom. The molecule has 1 aromatic rings. The fourth-order valence-corrected chi connectivity index (χ4v) is 2.17. The molecular formula is C14H17NO4. The number of hydroxylamine groups is 1. The van der Waals surface area contributed by atoms with E-state index in [0.717, 1.165) is 25.7 Å². The van der Waals surface area contributed by atoms with E-state index in [9.17, 15) is 9.59 Å². The first kappa shape index (κ1) is 13.5. The third kappa shape index (κ3) is 3.79. The lowest BCUT2D eigenvalue weighted by Crippen LogP contribution is -2.33. The molecule has 5 nitrogen and oxygen atoms in total. The van der Waals surface area contributed by atoms with Crippen LogP contribution in [0.3, 0.4) is 0 Å². The largest absolute Gasteiger partial charge is 0.478 e. The van der Waals surface area contributed by atoms with E-state index < -0.39 is 11.9 Å². The number of carbonyl (C=O) groups is 2. The van der Waals surface area contributed by atoms with Crippen molar-refractivity contribution >= 4 is 11.9 Å². The molecule has 0 spiro atoms. The number of rotatable bonds is 4. The molecule has 1 fully saturated rings. The van der Waals surface area contributed by atoms with Gasteiger partial charge in [-0.05, 0) is 37.1 Å². The second-order valence-electron chi connectivity index (χ2n) is 4.72. The Bertz CT molecular complexity index is 449. The van der Waals surface area contributed by atoms with Crippen molar-refractivity contribution in [2.45, 2.75) is 38.1 Å². The van der Waals surface area contributed by atoms with Gasteiger partial charge in [0, 0.05) is 6.04 Å². The Kier molecular flexibility index (Phi) is 4.52. The number of hydrogen-bond donors (Lipinski definition) is 2. The van der Waals surface area contributed by atoms with Gasteiger partial charge >= 0.3 is 11.9 Å². The second-order valence-corrected chi connectivity index (χ2v) is 4.72. The molecule has 0 heterocycles. The zero-order valence-corrected chi connectivity index (χ0v) is 10.6. The van der Waals surface area contributed by atoms with E-state index in [1.54, 1.807) is 0 Å². The van der Waals surface area contributed by atoms with Crippen molar-refractivity contribution in [3.05, 3.63) is 35.4 Å². The third-order valence-electron chi connectivity index (χ3n) is 3.29. The second kappa shape index (κ2) is 6.33. The number of carboxylic acid groups (broad SMARTS) is 1. The van der Waals surface area contributed by atoms with E-state index in [1.807, 2.05) is 0 Å². The van der Waals surface area contributed by atoms with Crippen molar-refractivity contribution in [3.8, 4) is 0 Å². The van der Waals surface area contributed by atoms with Gasteiger partial charge in [0.05, 0.1) is 11.1 Å². The van der Waals surface area contributed by atoms with Crippen LogP contribution in [0.1, 0.15) is 52.8 Å². The molecule has 0 unspecified atom stereocenters. The van der Waals surface area contributed by atoms with Crippen molar-refractivity contribution in [1.29, 1.82) is 0 Å². The van der Waals surface area contributed by atoms with Gasteiger partial charge in [-0.25, -0.2) is 9.59 Å². The Balaban J connectivity index is 1.86. The molecular weight excluding hydrogens is 246 g/mol. The summed E-state index contributed by atoms with van der Waals surface area (Å²) in [6, 6.07) is 5.91. The van der Waals surface area contributed by atoms with Crippen molar-refractivity contribution in [3.63, 3.8) is 0 Å². The highest BCUT2D eigenvalue weighted by molar-refractivity contribution is 5.92. The van der Waals surface area contributed by atoms with Crippen molar-refractivity contribution in [1.82, 2.24) is 5.48 Å². The average molecular weight is 263 g/mol. The highest BCUT2D eigenvalue weighted by Crippen LogP contribution is 2.17. The molecule has 0 aliphatic heterocycles. The Labute approximate surface area is 111 Å². The van der Waals surface area contributed by atoms with Crippen LogP contribution < -0.4 is 5.48 Å². The zero-order chi connectivity index (χ0) is 13.7. The Morgan fingerprint density at radius 3 is 2.21 bits per heavy atom. The lowest BCUT2D eigenvalue weighted by Gasteiger charge is -2.21. The smallest absolute Gasteiger partial charge is 0.356 e. The fraction of sp³-hybridized carbons (Fsp3) is 0.429. The molecule has 5 heteroatoms. The van der Waals surface area contributed by atoms with Gasteiger partial charge in [0.15, 0.2) is 0 Å². The topological polar surface area (TPSA) is 75.6 Å². The van der Waals surface area contributed by atoms with Crippen LogP contribution in [0.4, 0.5) is 0 Å². The first-order valence-corrected chi connectivity index (χ1v) is 6.47. The predicted molar refractivity (Wildman–Crippen MR) is 68.8 cm³/mol. The molecule has 1 aliphatic carbocycles. The summed E-state index contributed by atoms with van der Waals surface area (Å²) in [4.78, 5) is 27.5. The number of benzene rings is 1. The predicted octanol–water partition coefficient (Wildman–Crippen LogP) is 2.38. The Hall–Kier alpha value is -1.88. The van der Waals surface area contributed by atoms with Crippen LogP contribution >= 0.6 is 0 Å². The minimum Gasteiger partial charge on any atom is -0.478 e. The maximum atomic E-state index is 11.7. The Morgan fingerprint density at radius 1 is 1.05 bits per heavy atom. The first-order valence-electron chi connectivity index (χ1n) is 6.47. The number of aromatic carboxylic acids is 1. The van der Waals surface area contributed by atoms with E-state index >= 15 is 0 Å². The molecule has 2 N–H and O–H groups in total. The van der Waals surface area contributed by atoms with Crippen LogP contribution in [0, 0.1) is 0 Å². The summed E-state index contributed by atoms with van der Waals surface area (Å²) < 4.78 is 0. The molecule has 1 saturated carbocycles. The van der Waals surface area contributed by atoms with Gasteiger partial charge in [-0.2, -0.15) is 0 Å². The summed E-state index contributed by atoms with van der Waals surface area (Å²) in [6.45, 7) is 0. The first-order chi connectivity index (χ1) is 9.16. The maximum Gasteiger partial charge on any atom is 0.356 e. The van der Waals surface area contributed by atoms with E-state index in [1.165, 1.54) is 30.7 Å². The molecule has 0 saturated heterocycles. The normalized spacial score (nSPS) is 16.0. The van der Waals surface area contributed by atoms with Gasteiger partial charge in [-0.3, -0.25) is 0 Å². The number of nitrogens with one attached hydrogen (secondary N) is 1. The van der Waals surface area contributed by atoms with E-state index in [2.05, 4.69) is 5.48 Å². The molecule has 2 rings (SSSR count). The molecule has 0 amide bonds. The monoisotopic (exact) mass is 263 g/mol. The SMILES string of the molecule is O=C(O)c1ccc(C(=O)ONC2CCCCC2)cc1. The molecule has 0 radical (unpaired) electrons. The number of carbonyl (C=O) groups excluding carboxylic acids is 1. The highest BCUT2D eigenvalue weighted by Gasteiger charge is 2.16. The maximum absolute atomic E-state index is 11.7. The quantitative estimate of drug-likeness (QED) is 0.816. The molecule has 19 heavy (non-hydrogen) atoms. The minimum atomic E-state index is -1.01.